The number of hydrogen-bond donors (Lipinski definition) is 0. The molecule has 10 aromatic rings. The van der Waals surface area contributed by atoms with Crippen LogP contribution in [0.1, 0.15) is 0 Å². The maximum absolute atomic E-state index is 2.41. The Hall–Kier alpha value is -5.44. The van der Waals surface area contributed by atoms with E-state index >= 15 is 0 Å². The minimum absolute atomic E-state index is 1.20. The van der Waals surface area contributed by atoms with Crippen LogP contribution in [-0.4, -0.2) is 4.57 Å². The van der Waals surface area contributed by atoms with Crippen LogP contribution in [-0.2, 0) is 0 Å². The Bertz CT molecular complexity index is 2690. The van der Waals surface area contributed by atoms with E-state index in [0.717, 1.165) is 0 Å². The molecule has 0 saturated carbocycles. The van der Waals surface area contributed by atoms with Gasteiger partial charge in [-0.1, -0.05) is 103 Å². The fraction of sp³-hybridized carbons (Fsp3) is 0. The molecule has 0 saturated heterocycles. The van der Waals surface area contributed by atoms with Crippen LogP contribution in [0, 0.1) is 0 Å². The summed E-state index contributed by atoms with van der Waals surface area (Å²) in [6.07, 6.45) is 0. The average Bonchev–Trinajstić information content (AvgIpc) is 3.63. The molecule has 0 aliphatic carbocycles. The van der Waals surface area contributed by atoms with Crippen molar-refractivity contribution in [3.05, 3.63) is 152 Å². The van der Waals surface area contributed by atoms with Crippen LogP contribution in [0.3, 0.4) is 0 Å². The second-order valence-corrected chi connectivity index (χ2v) is 12.8. The lowest BCUT2D eigenvalue weighted by molar-refractivity contribution is 1.19. The lowest BCUT2D eigenvalue weighted by atomic mass is 9.92. The highest BCUT2D eigenvalue weighted by Gasteiger charge is 2.15. The molecule has 204 valence electrons. The van der Waals surface area contributed by atoms with E-state index in [-0.39, 0.29) is 0 Å². The molecule has 0 aliphatic heterocycles. The first kappa shape index (κ1) is 24.0. The summed E-state index contributed by atoms with van der Waals surface area (Å²) in [7, 11) is 0. The molecule has 2 heterocycles. The van der Waals surface area contributed by atoms with Gasteiger partial charge in [0.05, 0.1) is 11.0 Å². The number of aromatic nitrogens is 1. The molecule has 10 rings (SSSR count). The molecule has 2 heteroatoms. The van der Waals surface area contributed by atoms with E-state index in [4.69, 9.17) is 0 Å². The van der Waals surface area contributed by atoms with E-state index in [1.165, 1.54) is 91.1 Å². The summed E-state index contributed by atoms with van der Waals surface area (Å²) < 4.78 is 5.05. The molecule has 0 spiro atoms. The van der Waals surface area contributed by atoms with Crippen LogP contribution in [0.4, 0.5) is 0 Å². The molecular weight excluding hydrogens is 551 g/mol. The van der Waals surface area contributed by atoms with Gasteiger partial charge in [-0.05, 0) is 92.0 Å². The zero-order chi connectivity index (χ0) is 28.8. The smallest absolute Gasteiger partial charge is 0.0541 e. The Morgan fingerprint density at radius 1 is 0.318 bits per heavy atom. The molecule has 0 atom stereocenters. The molecule has 0 amide bonds. The van der Waals surface area contributed by atoms with E-state index < -0.39 is 0 Å². The van der Waals surface area contributed by atoms with Crippen LogP contribution in [0.25, 0.3) is 91.1 Å². The molecule has 1 nitrogen and oxygen atoms in total. The largest absolute Gasteiger partial charge is 0.309 e. The summed E-state index contributed by atoms with van der Waals surface area (Å²) in [5.41, 5.74) is 6.17. The number of fused-ring (bicyclic) bond motifs is 12. The quantitative estimate of drug-likeness (QED) is 0.181. The molecule has 0 N–H and O–H groups in total. The average molecular weight is 576 g/mol. The van der Waals surface area contributed by atoms with Crippen molar-refractivity contribution in [2.24, 2.45) is 0 Å². The first-order chi connectivity index (χ1) is 21.8. The van der Waals surface area contributed by atoms with Gasteiger partial charge in [0, 0.05) is 36.6 Å². The molecule has 44 heavy (non-hydrogen) atoms. The van der Waals surface area contributed by atoms with Gasteiger partial charge in [-0.2, -0.15) is 0 Å². The summed E-state index contributed by atoms with van der Waals surface area (Å²) >= 11 is 1.88. The number of para-hydroxylation sites is 2. The van der Waals surface area contributed by atoms with Crippen molar-refractivity contribution >= 4 is 85.6 Å². The van der Waals surface area contributed by atoms with Crippen LogP contribution in [0.5, 0.6) is 0 Å². The second-order valence-electron chi connectivity index (χ2n) is 11.7. The number of thiophene rings is 1. The van der Waals surface area contributed by atoms with Gasteiger partial charge in [-0.25, -0.2) is 0 Å². The predicted molar refractivity (Wildman–Crippen MR) is 192 cm³/mol. The van der Waals surface area contributed by atoms with Gasteiger partial charge in [0.2, 0.25) is 0 Å². The van der Waals surface area contributed by atoms with Gasteiger partial charge >= 0.3 is 0 Å². The van der Waals surface area contributed by atoms with Crippen molar-refractivity contribution in [1.82, 2.24) is 4.57 Å². The van der Waals surface area contributed by atoms with E-state index in [1.807, 2.05) is 11.3 Å². The maximum atomic E-state index is 2.41. The second kappa shape index (κ2) is 9.03. The maximum Gasteiger partial charge on any atom is 0.0541 e. The topological polar surface area (TPSA) is 4.93 Å². The molecule has 0 aliphatic rings. The zero-order valence-electron chi connectivity index (χ0n) is 23.8. The third-order valence-electron chi connectivity index (χ3n) is 9.37. The molecular formula is C42H25NS. The molecule has 0 fully saturated rings. The molecule has 0 radical (unpaired) electrons. The van der Waals surface area contributed by atoms with Crippen LogP contribution < -0.4 is 0 Å². The summed E-state index contributed by atoms with van der Waals surface area (Å²) in [5, 5.41) is 13.1. The first-order valence-electron chi connectivity index (χ1n) is 15.1. The Kier molecular flexibility index (Phi) is 4.94. The lowest BCUT2D eigenvalue weighted by Gasteiger charge is -2.12. The van der Waals surface area contributed by atoms with Gasteiger partial charge in [-0.15, -0.1) is 11.3 Å². The van der Waals surface area contributed by atoms with Crippen molar-refractivity contribution in [2.75, 3.05) is 0 Å². The van der Waals surface area contributed by atoms with Crippen LogP contribution in [0.2, 0.25) is 0 Å². The lowest BCUT2D eigenvalue weighted by Crippen LogP contribution is -1.93. The zero-order valence-corrected chi connectivity index (χ0v) is 24.6. The van der Waals surface area contributed by atoms with E-state index in [0.29, 0.717) is 0 Å². The number of nitrogens with zero attached hydrogens (tertiary/aromatic N) is 1. The SMILES string of the molecule is c1ccc2c(c1)c1ccccc1c1cc(-c3ccc4sc5ccc(-n6c7ccccc7c7ccccc76)cc5c4c3)ccc21. The predicted octanol–water partition coefficient (Wildman–Crippen LogP) is 12.3. The van der Waals surface area contributed by atoms with E-state index in [2.05, 4.69) is 156 Å². The van der Waals surface area contributed by atoms with Crippen LogP contribution in [0.15, 0.2) is 152 Å². The minimum atomic E-state index is 1.20. The van der Waals surface area contributed by atoms with E-state index in [1.54, 1.807) is 0 Å². The van der Waals surface area contributed by atoms with Gasteiger partial charge in [-0.3, -0.25) is 0 Å². The molecule has 8 aromatic carbocycles. The third kappa shape index (κ3) is 3.35. The Balaban J connectivity index is 1.19. The summed E-state index contributed by atoms with van der Waals surface area (Å²) in [4.78, 5) is 0. The van der Waals surface area contributed by atoms with Gasteiger partial charge < -0.3 is 4.57 Å². The summed E-state index contributed by atoms with van der Waals surface area (Å²) in [6, 6.07) is 56.0. The minimum Gasteiger partial charge on any atom is -0.309 e. The van der Waals surface area contributed by atoms with Gasteiger partial charge in [0.25, 0.3) is 0 Å². The number of rotatable bonds is 2. The standard InChI is InChI=1S/C42H25NS/c1-2-11-31-29(9-1)30-10-3-4-12-32(30)36-23-26(17-20-33(31)36)27-18-21-41-37(24-27)38-25-28(19-22-42(38)44-41)43-39-15-7-5-13-34(39)35-14-6-8-16-40(35)43/h1-25H. The molecule has 0 unspecified atom stereocenters. The van der Waals surface area contributed by atoms with Gasteiger partial charge in [0.15, 0.2) is 0 Å². The number of benzene rings is 8. The highest BCUT2D eigenvalue weighted by Crippen LogP contribution is 2.41. The van der Waals surface area contributed by atoms with Crippen LogP contribution >= 0.6 is 11.3 Å². The highest BCUT2D eigenvalue weighted by atomic mass is 32.1. The first-order valence-corrected chi connectivity index (χ1v) is 15.9. The van der Waals surface area contributed by atoms with E-state index in [9.17, 15) is 0 Å². The van der Waals surface area contributed by atoms with Crippen molar-refractivity contribution < 1.29 is 0 Å². The van der Waals surface area contributed by atoms with Crippen molar-refractivity contribution in [1.29, 1.82) is 0 Å². The highest BCUT2D eigenvalue weighted by molar-refractivity contribution is 7.25. The third-order valence-corrected chi connectivity index (χ3v) is 10.5. The van der Waals surface area contributed by atoms with Crippen molar-refractivity contribution in [3.8, 4) is 16.8 Å². The Morgan fingerprint density at radius 3 is 1.36 bits per heavy atom. The summed E-state index contributed by atoms with van der Waals surface area (Å²) in [6.45, 7) is 0. The Morgan fingerprint density at radius 2 is 0.750 bits per heavy atom. The molecule has 2 aromatic heterocycles. The number of hydrogen-bond acceptors (Lipinski definition) is 1. The normalized spacial score (nSPS) is 12.1. The molecule has 0 bridgehead atoms. The van der Waals surface area contributed by atoms with Crippen molar-refractivity contribution in [3.63, 3.8) is 0 Å². The van der Waals surface area contributed by atoms with Crippen molar-refractivity contribution in [2.45, 2.75) is 0 Å². The monoisotopic (exact) mass is 575 g/mol. The fourth-order valence-corrected chi connectivity index (χ4v) is 8.44. The fourth-order valence-electron chi connectivity index (χ4n) is 7.37. The Labute approximate surface area is 257 Å². The summed E-state index contributed by atoms with van der Waals surface area (Å²) in [5.74, 6) is 0. The van der Waals surface area contributed by atoms with Gasteiger partial charge in [0.1, 0.15) is 0 Å².